The number of aromatic nitrogens is 3. The summed E-state index contributed by atoms with van der Waals surface area (Å²) in [5.41, 5.74) is 0. The van der Waals surface area contributed by atoms with Crippen LogP contribution in [0.1, 0.15) is 59.4 Å². The Balaban J connectivity index is 2.30. The molecule has 0 aliphatic heterocycles. The molecule has 0 aromatic carbocycles. The summed E-state index contributed by atoms with van der Waals surface area (Å²) in [6.45, 7) is 8.40. The van der Waals surface area contributed by atoms with Gasteiger partial charge in [0, 0.05) is 12.1 Å². The predicted molar refractivity (Wildman–Crippen MR) is 82.9 cm³/mol. The zero-order chi connectivity index (χ0) is 15.0. The number of hydrogen-bond acceptors (Lipinski definition) is 4. The van der Waals surface area contributed by atoms with Gasteiger partial charge in [-0.3, -0.25) is 4.79 Å². The van der Waals surface area contributed by atoms with Crippen LogP contribution in [0.15, 0.2) is 11.5 Å². The van der Waals surface area contributed by atoms with Gasteiger partial charge in [-0.25, -0.2) is 0 Å². The fourth-order valence-corrected chi connectivity index (χ4v) is 2.76. The number of rotatable bonds is 9. The second-order valence-corrected chi connectivity index (χ2v) is 6.31. The highest BCUT2D eigenvalue weighted by Gasteiger charge is 2.12. The van der Waals surface area contributed by atoms with Gasteiger partial charge in [-0.05, 0) is 27.2 Å². The van der Waals surface area contributed by atoms with Crippen LogP contribution in [0.2, 0.25) is 0 Å². The van der Waals surface area contributed by atoms with Crippen molar-refractivity contribution in [3.8, 4) is 0 Å². The van der Waals surface area contributed by atoms with Crippen LogP contribution in [-0.4, -0.2) is 32.5 Å². The van der Waals surface area contributed by atoms with E-state index in [0.29, 0.717) is 11.8 Å². The van der Waals surface area contributed by atoms with Crippen molar-refractivity contribution in [3.63, 3.8) is 0 Å². The quantitative estimate of drug-likeness (QED) is 0.562. The topological polar surface area (TPSA) is 59.8 Å². The maximum atomic E-state index is 11.9. The molecule has 1 atom stereocenters. The molecule has 0 aliphatic carbocycles. The third-order valence-electron chi connectivity index (χ3n) is 3.08. The van der Waals surface area contributed by atoms with Crippen LogP contribution in [0, 0.1) is 0 Å². The average Bonchev–Trinajstić information content (AvgIpc) is 2.85. The van der Waals surface area contributed by atoms with Crippen molar-refractivity contribution in [2.75, 3.05) is 5.75 Å². The maximum absolute atomic E-state index is 11.9. The third-order valence-corrected chi connectivity index (χ3v) is 4.03. The third kappa shape index (κ3) is 5.94. The fourth-order valence-electron chi connectivity index (χ4n) is 1.91. The summed E-state index contributed by atoms with van der Waals surface area (Å²) in [4.78, 5) is 11.9. The SMILES string of the molecule is CCCCCC(C)NC(=O)CSc1nncn1C(C)C. The first-order chi connectivity index (χ1) is 9.54. The summed E-state index contributed by atoms with van der Waals surface area (Å²) >= 11 is 1.44. The molecule has 114 valence electrons. The zero-order valence-corrected chi connectivity index (χ0v) is 13.7. The van der Waals surface area contributed by atoms with Crippen molar-refractivity contribution in [2.45, 2.75) is 70.6 Å². The summed E-state index contributed by atoms with van der Waals surface area (Å²) in [5.74, 6) is 0.459. The van der Waals surface area contributed by atoms with Gasteiger partial charge in [-0.2, -0.15) is 0 Å². The highest BCUT2D eigenvalue weighted by atomic mass is 32.2. The number of thioether (sulfide) groups is 1. The summed E-state index contributed by atoms with van der Waals surface area (Å²) in [7, 11) is 0. The minimum Gasteiger partial charge on any atom is -0.353 e. The molecule has 1 rings (SSSR count). The minimum atomic E-state index is 0.0669. The Kier molecular flexibility index (Phi) is 7.65. The number of carbonyl (C=O) groups is 1. The second-order valence-electron chi connectivity index (χ2n) is 5.37. The fraction of sp³-hybridized carbons (Fsp3) is 0.786. The van der Waals surface area contributed by atoms with Crippen LogP contribution < -0.4 is 5.32 Å². The van der Waals surface area contributed by atoms with E-state index in [1.807, 2.05) is 4.57 Å². The van der Waals surface area contributed by atoms with E-state index in [4.69, 9.17) is 0 Å². The van der Waals surface area contributed by atoms with E-state index in [1.165, 1.54) is 31.0 Å². The van der Waals surface area contributed by atoms with Crippen molar-refractivity contribution < 1.29 is 4.79 Å². The van der Waals surface area contributed by atoms with E-state index in [-0.39, 0.29) is 11.9 Å². The molecule has 0 radical (unpaired) electrons. The van der Waals surface area contributed by atoms with Crippen LogP contribution in [0.5, 0.6) is 0 Å². The summed E-state index contributed by atoms with van der Waals surface area (Å²) in [6.07, 6.45) is 6.37. The van der Waals surface area contributed by atoms with E-state index in [9.17, 15) is 4.79 Å². The lowest BCUT2D eigenvalue weighted by Gasteiger charge is -2.14. The first-order valence-corrected chi connectivity index (χ1v) is 8.34. The molecule has 6 heteroatoms. The maximum Gasteiger partial charge on any atom is 0.230 e. The Morgan fingerprint density at radius 2 is 2.15 bits per heavy atom. The van der Waals surface area contributed by atoms with Crippen LogP contribution in [-0.2, 0) is 4.79 Å². The van der Waals surface area contributed by atoms with Crippen LogP contribution in [0.4, 0.5) is 0 Å². The van der Waals surface area contributed by atoms with Gasteiger partial charge in [0.05, 0.1) is 5.75 Å². The first-order valence-electron chi connectivity index (χ1n) is 7.36. The molecule has 1 aromatic heterocycles. The lowest BCUT2D eigenvalue weighted by molar-refractivity contribution is -0.119. The Labute approximate surface area is 125 Å². The molecule has 1 heterocycles. The number of nitrogens with zero attached hydrogens (tertiary/aromatic N) is 3. The van der Waals surface area contributed by atoms with Gasteiger partial charge < -0.3 is 9.88 Å². The van der Waals surface area contributed by atoms with Crippen LogP contribution in [0.25, 0.3) is 0 Å². The highest BCUT2D eigenvalue weighted by molar-refractivity contribution is 7.99. The number of nitrogens with one attached hydrogen (secondary N) is 1. The molecule has 0 aliphatic rings. The van der Waals surface area contributed by atoms with Gasteiger partial charge in [0.1, 0.15) is 6.33 Å². The van der Waals surface area contributed by atoms with Gasteiger partial charge in [-0.1, -0.05) is 37.9 Å². The van der Waals surface area contributed by atoms with E-state index in [0.717, 1.165) is 11.6 Å². The van der Waals surface area contributed by atoms with E-state index in [1.54, 1.807) is 6.33 Å². The molecule has 0 fully saturated rings. The summed E-state index contributed by atoms with van der Waals surface area (Å²) in [6, 6.07) is 0.557. The van der Waals surface area contributed by atoms with Crippen molar-refractivity contribution in [1.29, 1.82) is 0 Å². The largest absolute Gasteiger partial charge is 0.353 e. The molecule has 1 amide bonds. The molecular weight excluding hydrogens is 272 g/mol. The number of amides is 1. The molecular formula is C14H26N4OS. The van der Waals surface area contributed by atoms with Gasteiger partial charge in [-0.15, -0.1) is 10.2 Å². The second kappa shape index (κ2) is 9.00. The normalized spacial score (nSPS) is 12.7. The average molecular weight is 298 g/mol. The number of unbranched alkanes of at least 4 members (excludes halogenated alkanes) is 2. The lowest BCUT2D eigenvalue weighted by atomic mass is 10.1. The van der Waals surface area contributed by atoms with Crippen LogP contribution in [0.3, 0.4) is 0 Å². The van der Waals surface area contributed by atoms with E-state index < -0.39 is 0 Å². The highest BCUT2D eigenvalue weighted by Crippen LogP contribution is 2.18. The Bertz CT molecular complexity index is 406. The van der Waals surface area contributed by atoms with E-state index >= 15 is 0 Å². The molecule has 1 aromatic rings. The Morgan fingerprint density at radius 1 is 1.40 bits per heavy atom. The van der Waals surface area contributed by atoms with Gasteiger partial charge >= 0.3 is 0 Å². The number of hydrogen-bond donors (Lipinski definition) is 1. The molecule has 0 spiro atoms. The smallest absolute Gasteiger partial charge is 0.230 e. The van der Waals surface area contributed by atoms with E-state index in [2.05, 4.69) is 43.2 Å². The van der Waals surface area contributed by atoms with Crippen molar-refractivity contribution in [2.24, 2.45) is 0 Å². The van der Waals surface area contributed by atoms with Crippen molar-refractivity contribution in [3.05, 3.63) is 6.33 Å². The van der Waals surface area contributed by atoms with Gasteiger partial charge in [0.2, 0.25) is 5.91 Å². The predicted octanol–water partition coefficient (Wildman–Crippen LogP) is 3.04. The number of carbonyl (C=O) groups excluding carboxylic acids is 1. The summed E-state index contributed by atoms with van der Waals surface area (Å²) < 4.78 is 1.97. The molecule has 0 saturated carbocycles. The van der Waals surface area contributed by atoms with Crippen molar-refractivity contribution in [1.82, 2.24) is 20.1 Å². The molecule has 0 saturated heterocycles. The molecule has 1 N–H and O–H groups in total. The Hall–Kier alpha value is -1.04. The Morgan fingerprint density at radius 3 is 2.80 bits per heavy atom. The molecule has 5 nitrogen and oxygen atoms in total. The first kappa shape index (κ1) is 17.0. The van der Waals surface area contributed by atoms with Crippen molar-refractivity contribution >= 4 is 17.7 Å². The van der Waals surface area contributed by atoms with Gasteiger partial charge in [0.25, 0.3) is 0 Å². The van der Waals surface area contributed by atoms with Crippen LogP contribution >= 0.6 is 11.8 Å². The molecule has 0 bridgehead atoms. The monoisotopic (exact) mass is 298 g/mol. The summed E-state index contributed by atoms with van der Waals surface area (Å²) in [5, 5.41) is 11.8. The lowest BCUT2D eigenvalue weighted by Crippen LogP contribution is -2.33. The minimum absolute atomic E-state index is 0.0669. The van der Waals surface area contributed by atoms with Gasteiger partial charge in [0.15, 0.2) is 5.16 Å². The molecule has 1 unspecified atom stereocenters. The standard InChI is InChI=1S/C14H26N4OS/c1-5-6-7-8-12(4)16-13(19)9-20-14-17-15-10-18(14)11(2)3/h10-12H,5-9H2,1-4H3,(H,16,19). The molecule has 20 heavy (non-hydrogen) atoms. The zero-order valence-electron chi connectivity index (χ0n) is 12.9.